The summed E-state index contributed by atoms with van der Waals surface area (Å²) in [7, 11) is 1.60. The van der Waals surface area contributed by atoms with Crippen LogP contribution in [0.3, 0.4) is 0 Å². The average Bonchev–Trinajstić information content (AvgIpc) is 2.56. The molecule has 112 valence electrons. The number of carbonyl (C=O) groups excluding carboxylic acids is 1. The second kappa shape index (κ2) is 7.70. The number of nitriles is 1. The van der Waals surface area contributed by atoms with Gasteiger partial charge in [-0.05, 0) is 36.4 Å². The second-order valence-electron chi connectivity index (χ2n) is 4.48. The molecule has 0 aliphatic carbocycles. The number of benzene rings is 2. The molecule has 0 spiro atoms. The Kier molecular flexibility index (Phi) is 5.38. The fourth-order valence-electron chi connectivity index (χ4n) is 1.84. The van der Waals surface area contributed by atoms with Gasteiger partial charge in [-0.2, -0.15) is 5.26 Å². The third-order valence-electron chi connectivity index (χ3n) is 2.98. The lowest BCUT2D eigenvalue weighted by Crippen LogP contribution is -2.15. The Labute approximate surface area is 129 Å². The number of ether oxygens (including phenoxy) is 2. The van der Waals surface area contributed by atoms with E-state index >= 15 is 0 Å². The molecule has 5 heteroatoms. The standard InChI is InChI=1S/C17H16N2O3/c1-21-14-6-8-15(9-7-14)22-11-10-17(20)19-16-5-3-2-4-13(16)12-18/h2-9H,10-11H2,1H3,(H,19,20). The van der Waals surface area contributed by atoms with Crippen molar-refractivity contribution >= 4 is 11.6 Å². The van der Waals surface area contributed by atoms with Gasteiger partial charge in [0.2, 0.25) is 5.91 Å². The van der Waals surface area contributed by atoms with Crippen LogP contribution in [0, 0.1) is 11.3 Å². The van der Waals surface area contributed by atoms with Gasteiger partial charge in [-0.15, -0.1) is 0 Å². The Bertz CT molecular complexity index is 675. The van der Waals surface area contributed by atoms with Crippen LogP contribution in [0.25, 0.3) is 0 Å². The summed E-state index contributed by atoms with van der Waals surface area (Å²) in [6.45, 7) is 0.257. The minimum atomic E-state index is -0.198. The Morgan fingerprint density at radius 2 is 1.82 bits per heavy atom. The van der Waals surface area contributed by atoms with Crippen LogP contribution in [0.2, 0.25) is 0 Å². The van der Waals surface area contributed by atoms with Gasteiger partial charge in [0.25, 0.3) is 0 Å². The van der Waals surface area contributed by atoms with E-state index in [1.54, 1.807) is 55.6 Å². The lowest BCUT2D eigenvalue weighted by molar-refractivity contribution is -0.116. The van der Waals surface area contributed by atoms with Gasteiger partial charge < -0.3 is 14.8 Å². The molecule has 2 aromatic carbocycles. The van der Waals surface area contributed by atoms with E-state index < -0.39 is 0 Å². The van der Waals surface area contributed by atoms with Gasteiger partial charge in [-0.3, -0.25) is 4.79 Å². The summed E-state index contributed by atoms with van der Waals surface area (Å²) in [5.41, 5.74) is 0.950. The number of anilines is 1. The van der Waals surface area contributed by atoms with E-state index in [0.717, 1.165) is 5.75 Å². The first-order chi connectivity index (χ1) is 10.7. The highest BCUT2D eigenvalue weighted by Gasteiger charge is 2.06. The first-order valence-corrected chi connectivity index (χ1v) is 6.79. The number of rotatable bonds is 6. The van der Waals surface area contributed by atoms with Gasteiger partial charge in [0.1, 0.15) is 17.6 Å². The van der Waals surface area contributed by atoms with E-state index in [4.69, 9.17) is 14.7 Å². The van der Waals surface area contributed by atoms with Gasteiger partial charge in [-0.25, -0.2) is 0 Å². The monoisotopic (exact) mass is 296 g/mol. The minimum Gasteiger partial charge on any atom is -0.497 e. The van der Waals surface area contributed by atoms with E-state index in [2.05, 4.69) is 5.32 Å². The fraction of sp³-hybridized carbons (Fsp3) is 0.176. The summed E-state index contributed by atoms with van der Waals surface area (Å²) in [5, 5.41) is 11.7. The third-order valence-corrected chi connectivity index (χ3v) is 2.98. The van der Waals surface area contributed by atoms with Gasteiger partial charge in [-0.1, -0.05) is 12.1 Å². The van der Waals surface area contributed by atoms with Crippen molar-refractivity contribution < 1.29 is 14.3 Å². The zero-order valence-corrected chi connectivity index (χ0v) is 12.2. The molecule has 0 aromatic heterocycles. The minimum absolute atomic E-state index is 0.198. The Balaban J connectivity index is 1.81. The van der Waals surface area contributed by atoms with Crippen molar-refractivity contribution in [3.63, 3.8) is 0 Å². The van der Waals surface area contributed by atoms with E-state index in [0.29, 0.717) is 17.0 Å². The average molecular weight is 296 g/mol. The van der Waals surface area contributed by atoms with Crippen molar-refractivity contribution in [3.8, 4) is 17.6 Å². The molecular formula is C17H16N2O3. The van der Waals surface area contributed by atoms with Crippen molar-refractivity contribution in [1.82, 2.24) is 0 Å². The molecule has 0 saturated heterocycles. The summed E-state index contributed by atoms with van der Waals surface area (Å²) in [6, 6.07) is 16.0. The molecule has 2 rings (SSSR count). The first-order valence-electron chi connectivity index (χ1n) is 6.79. The van der Waals surface area contributed by atoms with Crippen LogP contribution in [0.5, 0.6) is 11.5 Å². The number of methoxy groups -OCH3 is 1. The number of para-hydroxylation sites is 1. The summed E-state index contributed by atoms with van der Waals surface area (Å²) in [6.07, 6.45) is 0.200. The van der Waals surface area contributed by atoms with Crippen molar-refractivity contribution in [2.75, 3.05) is 19.0 Å². The number of carbonyl (C=O) groups is 1. The van der Waals surface area contributed by atoms with Crippen molar-refractivity contribution in [1.29, 1.82) is 5.26 Å². The lowest BCUT2D eigenvalue weighted by Gasteiger charge is -2.08. The molecule has 0 bridgehead atoms. The quantitative estimate of drug-likeness (QED) is 0.889. The predicted octanol–water partition coefficient (Wildman–Crippen LogP) is 2.97. The largest absolute Gasteiger partial charge is 0.497 e. The molecular weight excluding hydrogens is 280 g/mol. The van der Waals surface area contributed by atoms with Crippen molar-refractivity contribution in [3.05, 3.63) is 54.1 Å². The maximum Gasteiger partial charge on any atom is 0.227 e. The van der Waals surface area contributed by atoms with Crippen LogP contribution in [0.1, 0.15) is 12.0 Å². The third kappa shape index (κ3) is 4.25. The lowest BCUT2D eigenvalue weighted by atomic mass is 10.2. The Morgan fingerprint density at radius 3 is 2.50 bits per heavy atom. The fourth-order valence-corrected chi connectivity index (χ4v) is 1.84. The molecule has 0 fully saturated rings. The molecule has 0 radical (unpaired) electrons. The van der Waals surface area contributed by atoms with E-state index in [1.807, 2.05) is 6.07 Å². The molecule has 1 N–H and O–H groups in total. The molecule has 0 saturated carbocycles. The van der Waals surface area contributed by atoms with Crippen LogP contribution in [0.4, 0.5) is 5.69 Å². The van der Waals surface area contributed by atoms with Crippen LogP contribution < -0.4 is 14.8 Å². The Hall–Kier alpha value is -3.00. The number of hydrogen-bond donors (Lipinski definition) is 1. The summed E-state index contributed by atoms with van der Waals surface area (Å²) in [5.74, 6) is 1.22. The summed E-state index contributed by atoms with van der Waals surface area (Å²) >= 11 is 0. The molecule has 1 amide bonds. The van der Waals surface area contributed by atoms with E-state index in [1.165, 1.54) is 0 Å². The van der Waals surface area contributed by atoms with E-state index in [-0.39, 0.29) is 18.9 Å². The normalized spacial score (nSPS) is 9.64. The topological polar surface area (TPSA) is 71.3 Å². The Morgan fingerprint density at radius 1 is 1.14 bits per heavy atom. The highest BCUT2D eigenvalue weighted by atomic mass is 16.5. The molecule has 2 aromatic rings. The maximum absolute atomic E-state index is 11.9. The molecule has 0 aliphatic heterocycles. The number of amides is 1. The zero-order valence-electron chi connectivity index (χ0n) is 12.2. The molecule has 22 heavy (non-hydrogen) atoms. The smallest absolute Gasteiger partial charge is 0.227 e. The van der Waals surface area contributed by atoms with Crippen molar-refractivity contribution in [2.24, 2.45) is 0 Å². The summed E-state index contributed by atoms with van der Waals surface area (Å²) < 4.78 is 10.5. The SMILES string of the molecule is COc1ccc(OCCC(=O)Nc2ccccc2C#N)cc1. The number of nitrogens with zero attached hydrogens (tertiary/aromatic N) is 1. The van der Waals surface area contributed by atoms with E-state index in [9.17, 15) is 4.79 Å². The molecule has 0 heterocycles. The van der Waals surface area contributed by atoms with Gasteiger partial charge in [0.15, 0.2) is 0 Å². The summed E-state index contributed by atoms with van der Waals surface area (Å²) in [4.78, 5) is 11.9. The maximum atomic E-state index is 11.9. The highest BCUT2D eigenvalue weighted by molar-refractivity contribution is 5.92. The molecule has 0 atom stereocenters. The zero-order chi connectivity index (χ0) is 15.8. The van der Waals surface area contributed by atoms with Gasteiger partial charge in [0, 0.05) is 0 Å². The number of hydrogen-bond acceptors (Lipinski definition) is 4. The highest BCUT2D eigenvalue weighted by Crippen LogP contribution is 2.17. The van der Waals surface area contributed by atoms with Crippen LogP contribution in [-0.2, 0) is 4.79 Å². The predicted molar refractivity (Wildman–Crippen MR) is 82.9 cm³/mol. The first kappa shape index (κ1) is 15.4. The van der Waals surface area contributed by atoms with Crippen LogP contribution in [-0.4, -0.2) is 19.6 Å². The molecule has 0 aliphatic rings. The van der Waals surface area contributed by atoms with Crippen LogP contribution in [0.15, 0.2) is 48.5 Å². The van der Waals surface area contributed by atoms with Gasteiger partial charge in [0.05, 0.1) is 31.4 Å². The number of nitrogens with one attached hydrogen (secondary N) is 1. The van der Waals surface area contributed by atoms with Crippen LogP contribution >= 0.6 is 0 Å². The molecule has 0 unspecified atom stereocenters. The van der Waals surface area contributed by atoms with Crippen molar-refractivity contribution in [2.45, 2.75) is 6.42 Å². The molecule has 5 nitrogen and oxygen atoms in total. The van der Waals surface area contributed by atoms with Gasteiger partial charge >= 0.3 is 0 Å². The second-order valence-corrected chi connectivity index (χ2v) is 4.48.